The van der Waals surface area contributed by atoms with Crippen molar-refractivity contribution >= 4 is 11.8 Å². The van der Waals surface area contributed by atoms with Gasteiger partial charge in [-0.3, -0.25) is 0 Å². The van der Waals surface area contributed by atoms with Gasteiger partial charge in [0.2, 0.25) is 0 Å². The standard InChI is InChI=1S/C14H18N4O2/c1-3-11(13-15-7-8-16-13)18-12-6-5-10(9-17-12)14(19)20-4-2/h5-9,11H,3-4H2,1-2H3,(H,15,16)(H,17,18). The monoisotopic (exact) mass is 274 g/mol. The molecule has 0 aromatic carbocycles. The molecule has 2 heterocycles. The smallest absolute Gasteiger partial charge is 0.339 e. The molecule has 0 saturated carbocycles. The van der Waals surface area contributed by atoms with Crippen LogP contribution < -0.4 is 5.32 Å². The zero-order chi connectivity index (χ0) is 14.4. The van der Waals surface area contributed by atoms with Crippen molar-refractivity contribution in [3.63, 3.8) is 0 Å². The predicted molar refractivity (Wildman–Crippen MR) is 75.4 cm³/mol. The highest BCUT2D eigenvalue weighted by Crippen LogP contribution is 2.18. The molecule has 1 atom stereocenters. The number of imidazole rings is 1. The topological polar surface area (TPSA) is 79.9 Å². The van der Waals surface area contributed by atoms with E-state index in [0.717, 1.165) is 12.2 Å². The Balaban J connectivity index is 2.04. The molecule has 2 rings (SSSR count). The first kappa shape index (κ1) is 14.0. The van der Waals surface area contributed by atoms with Gasteiger partial charge in [0.15, 0.2) is 0 Å². The maximum absolute atomic E-state index is 11.5. The van der Waals surface area contributed by atoms with Gasteiger partial charge < -0.3 is 15.0 Å². The number of nitrogens with zero attached hydrogens (tertiary/aromatic N) is 2. The Bertz CT molecular complexity index is 537. The molecule has 0 spiro atoms. The average Bonchev–Trinajstić information content (AvgIpc) is 2.99. The molecule has 2 N–H and O–H groups in total. The van der Waals surface area contributed by atoms with Gasteiger partial charge in [0.05, 0.1) is 18.2 Å². The van der Waals surface area contributed by atoms with E-state index >= 15 is 0 Å². The molecular weight excluding hydrogens is 256 g/mol. The number of pyridine rings is 1. The first-order chi connectivity index (χ1) is 9.74. The van der Waals surface area contributed by atoms with E-state index in [2.05, 4.69) is 27.2 Å². The SMILES string of the molecule is CCOC(=O)c1ccc(NC(CC)c2ncc[nH]2)nc1. The highest BCUT2D eigenvalue weighted by Gasteiger charge is 2.12. The largest absolute Gasteiger partial charge is 0.462 e. The van der Waals surface area contributed by atoms with E-state index in [-0.39, 0.29) is 12.0 Å². The molecule has 6 heteroatoms. The van der Waals surface area contributed by atoms with Crippen molar-refractivity contribution in [2.45, 2.75) is 26.3 Å². The summed E-state index contributed by atoms with van der Waals surface area (Å²) in [4.78, 5) is 23.1. The highest BCUT2D eigenvalue weighted by atomic mass is 16.5. The summed E-state index contributed by atoms with van der Waals surface area (Å²) in [6, 6.07) is 3.52. The number of carbonyl (C=O) groups excluding carboxylic acids is 1. The fraction of sp³-hybridized carbons (Fsp3) is 0.357. The molecule has 0 aliphatic heterocycles. The van der Waals surface area contributed by atoms with Crippen molar-refractivity contribution in [1.82, 2.24) is 15.0 Å². The van der Waals surface area contributed by atoms with Crippen LogP contribution in [0, 0.1) is 0 Å². The number of nitrogens with one attached hydrogen (secondary N) is 2. The van der Waals surface area contributed by atoms with Gasteiger partial charge in [-0.15, -0.1) is 0 Å². The highest BCUT2D eigenvalue weighted by molar-refractivity contribution is 5.89. The van der Waals surface area contributed by atoms with Gasteiger partial charge in [0.1, 0.15) is 11.6 Å². The van der Waals surface area contributed by atoms with Crippen molar-refractivity contribution in [3.05, 3.63) is 42.1 Å². The van der Waals surface area contributed by atoms with Crippen LogP contribution in [0.15, 0.2) is 30.7 Å². The second-order valence-electron chi connectivity index (χ2n) is 4.23. The van der Waals surface area contributed by atoms with Crippen LogP contribution >= 0.6 is 0 Å². The van der Waals surface area contributed by atoms with Crippen molar-refractivity contribution in [2.24, 2.45) is 0 Å². The Labute approximate surface area is 117 Å². The molecule has 0 aliphatic carbocycles. The normalized spacial score (nSPS) is 11.9. The Hall–Kier alpha value is -2.37. The van der Waals surface area contributed by atoms with E-state index in [4.69, 9.17) is 4.74 Å². The van der Waals surface area contributed by atoms with E-state index < -0.39 is 0 Å². The lowest BCUT2D eigenvalue weighted by molar-refractivity contribution is 0.0526. The molecule has 1 unspecified atom stereocenters. The minimum absolute atomic E-state index is 0.0611. The zero-order valence-corrected chi connectivity index (χ0v) is 11.6. The number of rotatable bonds is 6. The maximum atomic E-state index is 11.5. The van der Waals surface area contributed by atoms with Gasteiger partial charge in [0.25, 0.3) is 0 Å². The van der Waals surface area contributed by atoms with Crippen LogP contribution in [0.3, 0.4) is 0 Å². The number of esters is 1. The van der Waals surface area contributed by atoms with Gasteiger partial charge in [0, 0.05) is 18.6 Å². The quantitative estimate of drug-likeness (QED) is 0.791. The summed E-state index contributed by atoms with van der Waals surface area (Å²) in [5.41, 5.74) is 0.448. The van der Waals surface area contributed by atoms with Crippen molar-refractivity contribution in [1.29, 1.82) is 0 Å². The predicted octanol–water partition coefficient (Wildman–Crippen LogP) is 2.54. The molecule has 0 bridgehead atoms. The second kappa shape index (κ2) is 6.70. The molecule has 0 amide bonds. The summed E-state index contributed by atoms with van der Waals surface area (Å²) >= 11 is 0. The van der Waals surface area contributed by atoms with E-state index in [9.17, 15) is 4.79 Å². The lowest BCUT2D eigenvalue weighted by Gasteiger charge is -2.15. The van der Waals surface area contributed by atoms with Crippen molar-refractivity contribution in [2.75, 3.05) is 11.9 Å². The van der Waals surface area contributed by atoms with Gasteiger partial charge in [-0.25, -0.2) is 14.8 Å². The second-order valence-corrected chi connectivity index (χ2v) is 4.23. The number of hydrogen-bond acceptors (Lipinski definition) is 5. The van der Waals surface area contributed by atoms with Crippen LogP contribution in [0.4, 0.5) is 5.82 Å². The van der Waals surface area contributed by atoms with E-state index in [1.165, 1.54) is 6.20 Å². The minimum atomic E-state index is -0.357. The zero-order valence-electron chi connectivity index (χ0n) is 11.6. The molecule has 6 nitrogen and oxygen atoms in total. The van der Waals surface area contributed by atoms with Gasteiger partial charge in [-0.05, 0) is 25.5 Å². The van der Waals surface area contributed by atoms with E-state index in [1.54, 1.807) is 31.5 Å². The number of aromatic nitrogens is 3. The van der Waals surface area contributed by atoms with Crippen LogP contribution in [-0.2, 0) is 4.74 Å². The molecule has 0 fully saturated rings. The Kier molecular flexibility index (Phi) is 4.70. The van der Waals surface area contributed by atoms with Crippen LogP contribution in [0.25, 0.3) is 0 Å². The number of anilines is 1. The minimum Gasteiger partial charge on any atom is -0.462 e. The molecule has 0 aliphatic rings. The summed E-state index contributed by atoms with van der Waals surface area (Å²) < 4.78 is 4.91. The van der Waals surface area contributed by atoms with E-state index in [0.29, 0.717) is 18.0 Å². The third-order valence-corrected chi connectivity index (χ3v) is 2.85. The summed E-state index contributed by atoms with van der Waals surface area (Å²) in [5, 5.41) is 3.27. The lowest BCUT2D eigenvalue weighted by Crippen LogP contribution is -2.13. The fourth-order valence-electron chi connectivity index (χ4n) is 1.82. The molecule has 106 valence electrons. The third-order valence-electron chi connectivity index (χ3n) is 2.85. The Morgan fingerprint density at radius 2 is 2.25 bits per heavy atom. The molecule has 2 aromatic rings. The third kappa shape index (κ3) is 3.34. The van der Waals surface area contributed by atoms with Crippen molar-refractivity contribution in [3.8, 4) is 0 Å². The van der Waals surface area contributed by atoms with Gasteiger partial charge >= 0.3 is 5.97 Å². The number of ether oxygens (including phenoxy) is 1. The molecular formula is C14H18N4O2. The van der Waals surface area contributed by atoms with Gasteiger partial charge in [-0.1, -0.05) is 6.92 Å². The first-order valence-corrected chi connectivity index (χ1v) is 6.63. The number of carbonyl (C=O) groups is 1. The Morgan fingerprint density at radius 1 is 1.40 bits per heavy atom. The van der Waals surface area contributed by atoms with Gasteiger partial charge in [-0.2, -0.15) is 0 Å². The lowest BCUT2D eigenvalue weighted by atomic mass is 10.2. The summed E-state index contributed by atoms with van der Waals surface area (Å²) in [6.07, 6.45) is 5.89. The van der Waals surface area contributed by atoms with Crippen LogP contribution in [-0.4, -0.2) is 27.5 Å². The summed E-state index contributed by atoms with van der Waals surface area (Å²) in [5.74, 6) is 1.20. The van der Waals surface area contributed by atoms with Crippen LogP contribution in [0.2, 0.25) is 0 Å². The van der Waals surface area contributed by atoms with Crippen LogP contribution in [0.1, 0.15) is 42.5 Å². The number of hydrogen-bond donors (Lipinski definition) is 2. The van der Waals surface area contributed by atoms with Crippen LogP contribution in [0.5, 0.6) is 0 Å². The Morgan fingerprint density at radius 3 is 2.80 bits per heavy atom. The number of aromatic amines is 1. The summed E-state index contributed by atoms with van der Waals surface area (Å²) in [6.45, 7) is 4.19. The fourth-order valence-corrected chi connectivity index (χ4v) is 1.82. The average molecular weight is 274 g/mol. The maximum Gasteiger partial charge on any atom is 0.339 e. The van der Waals surface area contributed by atoms with E-state index in [1.807, 2.05) is 0 Å². The van der Waals surface area contributed by atoms with Crippen molar-refractivity contribution < 1.29 is 9.53 Å². The molecule has 20 heavy (non-hydrogen) atoms. The molecule has 0 radical (unpaired) electrons. The molecule has 0 saturated heterocycles. The summed E-state index contributed by atoms with van der Waals surface area (Å²) in [7, 11) is 0. The molecule has 2 aromatic heterocycles. The first-order valence-electron chi connectivity index (χ1n) is 6.63. The number of H-pyrrole nitrogens is 1.